The molecule has 6 nitrogen and oxygen atoms in total. The molecule has 0 spiro atoms. The van der Waals surface area contributed by atoms with Gasteiger partial charge in [0.1, 0.15) is 11.8 Å². The fourth-order valence-electron chi connectivity index (χ4n) is 2.23. The Balaban J connectivity index is 2.30. The van der Waals surface area contributed by atoms with Crippen LogP contribution in [0.1, 0.15) is 19.5 Å². The van der Waals surface area contributed by atoms with Gasteiger partial charge >= 0.3 is 0 Å². The smallest absolute Gasteiger partial charge is 0.209 e. The third kappa shape index (κ3) is 4.16. The lowest BCUT2D eigenvalue weighted by Gasteiger charge is -2.26. The molecule has 1 aromatic heterocycles. The molecule has 7 heteroatoms. The van der Waals surface area contributed by atoms with Gasteiger partial charge in [0.15, 0.2) is 0 Å². The van der Waals surface area contributed by atoms with Crippen molar-refractivity contribution in [1.29, 1.82) is 5.26 Å². The highest BCUT2D eigenvalue weighted by Crippen LogP contribution is 2.23. The zero-order valence-corrected chi connectivity index (χ0v) is 13.5. The van der Waals surface area contributed by atoms with E-state index in [1.807, 2.05) is 30.3 Å². The highest BCUT2D eigenvalue weighted by Gasteiger charge is 2.22. The molecule has 1 heterocycles. The van der Waals surface area contributed by atoms with Crippen LogP contribution >= 0.6 is 0 Å². The van der Waals surface area contributed by atoms with E-state index in [1.165, 1.54) is 0 Å². The van der Waals surface area contributed by atoms with E-state index in [9.17, 15) is 8.42 Å². The van der Waals surface area contributed by atoms with Crippen LogP contribution in [0.2, 0.25) is 0 Å². The van der Waals surface area contributed by atoms with Crippen molar-refractivity contribution < 1.29 is 8.42 Å². The SMILES string of the molecule is CC(C)(CNc1cc(C#N)nc2ccccc12)NS(C)(=O)=O. The zero-order valence-electron chi connectivity index (χ0n) is 12.7. The molecule has 2 rings (SSSR count). The molecular weight excluding hydrogens is 300 g/mol. The van der Waals surface area contributed by atoms with Gasteiger partial charge in [-0.15, -0.1) is 0 Å². The Bertz CT molecular complexity index is 838. The molecule has 0 aliphatic carbocycles. The lowest BCUT2D eigenvalue weighted by molar-refractivity contribution is 0.476. The Hall–Kier alpha value is -2.17. The Morgan fingerprint density at radius 1 is 1.32 bits per heavy atom. The number of para-hydroxylation sites is 1. The number of benzene rings is 1. The fraction of sp³-hybridized carbons (Fsp3) is 0.333. The Labute approximate surface area is 130 Å². The number of fused-ring (bicyclic) bond motifs is 1. The van der Waals surface area contributed by atoms with Gasteiger partial charge < -0.3 is 5.32 Å². The van der Waals surface area contributed by atoms with E-state index >= 15 is 0 Å². The molecule has 116 valence electrons. The van der Waals surface area contributed by atoms with E-state index in [0.29, 0.717) is 12.2 Å². The Kier molecular flexibility index (Phi) is 4.35. The summed E-state index contributed by atoms with van der Waals surface area (Å²) in [5.41, 5.74) is 1.13. The average molecular weight is 318 g/mol. The van der Waals surface area contributed by atoms with Gasteiger partial charge in [0.2, 0.25) is 10.0 Å². The van der Waals surface area contributed by atoms with Crippen molar-refractivity contribution in [3.05, 3.63) is 36.0 Å². The number of pyridine rings is 1. The van der Waals surface area contributed by atoms with Crippen LogP contribution < -0.4 is 10.0 Å². The van der Waals surface area contributed by atoms with Crippen LogP contribution in [0.5, 0.6) is 0 Å². The third-order valence-electron chi connectivity index (χ3n) is 3.01. The van der Waals surface area contributed by atoms with E-state index in [-0.39, 0.29) is 0 Å². The molecule has 0 saturated carbocycles. The molecule has 1 aromatic carbocycles. The van der Waals surface area contributed by atoms with Crippen LogP contribution in [0, 0.1) is 11.3 Å². The second kappa shape index (κ2) is 5.91. The molecule has 0 aliphatic rings. The van der Waals surface area contributed by atoms with Gasteiger partial charge in [0, 0.05) is 23.2 Å². The second-order valence-electron chi connectivity index (χ2n) is 5.80. The van der Waals surface area contributed by atoms with Crippen molar-refractivity contribution in [1.82, 2.24) is 9.71 Å². The molecule has 0 saturated heterocycles. The number of nitriles is 1. The molecule has 0 aliphatic heterocycles. The molecule has 0 radical (unpaired) electrons. The molecule has 0 unspecified atom stereocenters. The van der Waals surface area contributed by atoms with Crippen molar-refractivity contribution >= 4 is 26.6 Å². The minimum Gasteiger partial charge on any atom is -0.383 e. The van der Waals surface area contributed by atoms with Crippen molar-refractivity contribution in [3.8, 4) is 6.07 Å². The van der Waals surface area contributed by atoms with Crippen molar-refractivity contribution in [3.63, 3.8) is 0 Å². The lowest BCUT2D eigenvalue weighted by Crippen LogP contribution is -2.47. The van der Waals surface area contributed by atoms with Crippen LogP contribution in [0.3, 0.4) is 0 Å². The number of hydrogen-bond donors (Lipinski definition) is 2. The predicted molar refractivity (Wildman–Crippen MR) is 87.0 cm³/mol. The molecule has 0 amide bonds. The first kappa shape index (κ1) is 16.2. The summed E-state index contributed by atoms with van der Waals surface area (Å²) in [5, 5.41) is 13.2. The van der Waals surface area contributed by atoms with Crippen LogP contribution in [0.25, 0.3) is 10.9 Å². The highest BCUT2D eigenvalue weighted by molar-refractivity contribution is 7.88. The average Bonchev–Trinajstić information content (AvgIpc) is 2.42. The molecule has 0 atom stereocenters. The lowest BCUT2D eigenvalue weighted by atomic mass is 10.1. The molecular formula is C15H18N4O2S. The van der Waals surface area contributed by atoms with Gasteiger partial charge in [-0.3, -0.25) is 0 Å². The number of nitrogens with one attached hydrogen (secondary N) is 2. The number of rotatable bonds is 5. The van der Waals surface area contributed by atoms with Crippen molar-refractivity contribution in [2.24, 2.45) is 0 Å². The van der Waals surface area contributed by atoms with E-state index < -0.39 is 15.6 Å². The molecule has 2 aromatic rings. The minimum atomic E-state index is -3.30. The summed E-state index contributed by atoms with van der Waals surface area (Å²) < 4.78 is 25.3. The number of hydrogen-bond acceptors (Lipinski definition) is 5. The van der Waals surface area contributed by atoms with Gasteiger partial charge in [0.25, 0.3) is 0 Å². The monoisotopic (exact) mass is 318 g/mol. The predicted octanol–water partition coefficient (Wildman–Crippen LogP) is 1.85. The quantitative estimate of drug-likeness (QED) is 0.877. The van der Waals surface area contributed by atoms with Crippen LogP contribution in [0.15, 0.2) is 30.3 Å². The van der Waals surface area contributed by atoms with E-state index in [2.05, 4.69) is 15.0 Å². The van der Waals surface area contributed by atoms with Gasteiger partial charge in [-0.1, -0.05) is 18.2 Å². The topological polar surface area (TPSA) is 94.9 Å². The van der Waals surface area contributed by atoms with Gasteiger partial charge in [-0.05, 0) is 26.0 Å². The first-order valence-corrected chi connectivity index (χ1v) is 8.62. The summed E-state index contributed by atoms with van der Waals surface area (Å²) >= 11 is 0. The van der Waals surface area contributed by atoms with Crippen molar-refractivity contribution in [2.45, 2.75) is 19.4 Å². The third-order valence-corrected chi connectivity index (χ3v) is 3.94. The van der Waals surface area contributed by atoms with Gasteiger partial charge in [0.05, 0.1) is 11.8 Å². The molecule has 0 fully saturated rings. The summed E-state index contributed by atoms with van der Waals surface area (Å²) in [5.74, 6) is 0. The first-order valence-electron chi connectivity index (χ1n) is 6.73. The number of nitrogens with zero attached hydrogens (tertiary/aromatic N) is 2. The number of anilines is 1. The van der Waals surface area contributed by atoms with Gasteiger partial charge in [-0.25, -0.2) is 18.1 Å². The Morgan fingerprint density at radius 3 is 2.64 bits per heavy atom. The number of sulfonamides is 1. The van der Waals surface area contributed by atoms with E-state index in [4.69, 9.17) is 5.26 Å². The summed E-state index contributed by atoms with van der Waals surface area (Å²) in [6.45, 7) is 3.95. The maximum Gasteiger partial charge on any atom is 0.209 e. The second-order valence-corrected chi connectivity index (χ2v) is 7.54. The zero-order chi connectivity index (χ0) is 16.4. The summed E-state index contributed by atoms with van der Waals surface area (Å²) in [6, 6.07) is 11.2. The molecule has 0 bridgehead atoms. The maximum absolute atomic E-state index is 11.4. The minimum absolute atomic E-state index is 0.315. The number of aromatic nitrogens is 1. The summed E-state index contributed by atoms with van der Waals surface area (Å²) in [6.07, 6.45) is 1.13. The first-order chi connectivity index (χ1) is 10.2. The fourth-order valence-corrected chi connectivity index (χ4v) is 3.31. The van der Waals surface area contributed by atoms with Crippen LogP contribution in [0.4, 0.5) is 5.69 Å². The van der Waals surface area contributed by atoms with Gasteiger partial charge in [-0.2, -0.15) is 5.26 Å². The maximum atomic E-state index is 11.4. The largest absolute Gasteiger partial charge is 0.383 e. The van der Waals surface area contributed by atoms with E-state index in [1.54, 1.807) is 19.9 Å². The van der Waals surface area contributed by atoms with Crippen LogP contribution in [-0.2, 0) is 10.0 Å². The standard InChI is InChI=1S/C15H18N4O2S/c1-15(2,19-22(3,20)21)10-17-14-8-11(9-16)18-13-7-5-4-6-12(13)14/h4-8,19H,10H2,1-3H3,(H,17,18). The van der Waals surface area contributed by atoms with E-state index in [0.717, 1.165) is 22.8 Å². The van der Waals surface area contributed by atoms with Crippen LogP contribution in [-0.4, -0.2) is 31.7 Å². The molecule has 22 heavy (non-hydrogen) atoms. The normalized spacial score (nSPS) is 12.1. The highest BCUT2D eigenvalue weighted by atomic mass is 32.2. The summed E-state index contributed by atoms with van der Waals surface area (Å²) in [7, 11) is -3.30. The van der Waals surface area contributed by atoms with Crippen molar-refractivity contribution in [2.75, 3.05) is 18.1 Å². The summed E-state index contributed by atoms with van der Waals surface area (Å²) in [4.78, 5) is 4.25. The molecule has 2 N–H and O–H groups in total. The Morgan fingerprint density at radius 2 is 2.00 bits per heavy atom.